The van der Waals surface area contributed by atoms with E-state index in [9.17, 15) is 4.79 Å². The van der Waals surface area contributed by atoms with Crippen LogP contribution in [0, 0.1) is 13.8 Å². The van der Waals surface area contributed by atoms with Crippen molar-refractivity contribution in [1.29, 1.82) is 0 Å². The van der Waals surface area contributed by atoms with Gasteiger partial charge in [0.05, 0.1) is 6.54 Å². The van der Waals surface area contributed by atoms with Gasteiger partial charge >= 0.3 is 0 Å². The first-order valence-corrected chi connectivity index (χ1v) is 7.05. The van der Waals surface area contributed by atoms with E-state index in [0.29, 0.717) is 6.54 Å². The first kappa shape index (κ1) is 13.4. The van der Waals surface area contributed by atoms with Crippen LogP contribution in [0.1, 0.15) is 21.5 Å². The van der Waals surface area contributed by atoms with E-state index in [2.05, 4.69) is 42.3 Å². The Morgan fingerprint density at radius 2 is 1.81 bits per heavy atom. The van der Waals surface area contributed by atoms with Gasteiger partial charge in [0.1, 0.15) is 0 Å². The molecule has 2 aromatic carbocycles. The number of rotatable bonds is 4. The molecule has 3 rings (SSSR count). The van der Waals surface area contributed by atoms with Gasteiger partial charge in [0.25, 0.3) is 0 Å². The zero-order valence-corrected chi connectivity index (χ0v) is 12.2. The van der Waals surface area contributed by atoms with E-state index in [0.717, 1.165) is 22.2 Å². The van der Waals surface area contributed by atoms with Gasteiger partial charge in [-0.1, -0.05) is 24.3 Å². The van der Waals surface area contributed by atoms with Gasteiger partial charge in [-0.15, -0.1) is 0 Å². The topological polar surface area (TPSA) is 44.9 Å². The number of hydrogen-bond donors (Lipinski definition) is 2. The van der Waals surface area contributed by atoms with Gasteiger partial charge in [0, 0.05) is 28.4 Å². The molecule has 1 aromatic heterocycles. The molecule has 0 atom stereocenters. The maximum atomic E-state index is 12.4. The van der Waals surface area contributed by atoms with Crippen molar-refractivity contribution in [2.75, 3.05) is 11.9 Å². The predicted octanol–water partition coefficient (Wildman–Crippen LogP) is 4.08. The molecule has 0 bridgehead atoms. The largest absolute Gasteiger partial charge is 0.378 e. The number of aromatic nitrogens is 1. The Balaban J connectivity index is 1.77. The Morgan fingerprint density at radius 1 is 1.10 bits per heavy atom. The van der Waals surface area contributed by atoms with Gasteiger partial charge in [0.15, 0.2) is 5.78 Å². The molecule has 0 spiro atoms. The van der Waals surface area contributed by atoms with Gasteiger partial charge in [-0.25, -0.2) is 0 Å². The highest BCUT2D eigenvalue weighted by molar-refractivity contribution is 6.09. The number of aryl methyl sites for hydroxylation is 2. The van der Waals surface area contributed by atoms with Crippen LogP contribution in [0.4, 0.5) is 5.69 Å². The monoisotopic (exact) mass is 278 g/mol. The first-order chi connectivity index (χ1) is 10.1. The van der Waals surface area contributed by atoms with Crippen molar-refractivity contribution in [2.45, 2.75) is 13.8 Å². The highest BCUT2D eigenvalue weighted by Gasteiger charge is 2.11. The average Bonchev–Trinajstić information content (AvgIpc) is 2.88. The number of aromatic amines is 1. The number of ketones is 1. The number of fused-ring (bicyclic) bond motifs is 1. The Bertz CT molecular complexity index is 782. The molecule has 106 valence electrons. The minimum absolute atomic E-state index is 0.0895. The van der Waals surface area contributed by atoms with E-state index in [1.807, 2.05) is 24.3 Å². The quantitative estimate of drug-likeness (QED) is 0.706. The average molecular weight is 278 g/mol. The minimum Gasteiger partial charge on any atom is -0.378 e. The number of H-pyrrole nitrogens is 1. The molecule has 3 aromatic rings. The molecule has 2 N–H and O–H groups in total. The van der Waals surface area contributed by atoms with Crippen LogP contribution in [-0.4, -0.2) is 17.3 Å². The van der Waals surface area contributed by atoms with Crippen LogP contribution in [0.25, 0.3) is 10.9 Å². The third-order valence-electron chi connectivity index (χ3n) is 3.56. The van der Waals surface area contributed by atoms with Gasteiger partial charge in [-0.3, -0.25) is 4.79 Å². The maximum absolute atomic E-state index is 12.4. The Hall–Kier alpha value is -2.55. The molecule has 0 aliphatic carbocycles. The lowest BCUT2D eigenvalue weighted by Gasteiger charge is -2.07. The summed E-state index contributed by atoms with van der Waals surface area (Å²) in [6.07, 6.45) is 1.79. The van der Waals surface area contributed by atoms with Gasteiger partial charge in [-0.2, -0.15) is 0 Å². The molecule has 0 unspecified atom stereocenters. The lowest BCUT2D eigenvalue weighted by atomic mass is 10.1. The summed E-state index contributed by atoms with van der Waals surface area (Å²) in [6, 6.07) is 14.1. The van der Waals surface area contributed by atoms with Crippen molar-refractivity contribution in [1.82, 2.24) is 4.98 Å². The number of anilines is 1. The number of Topliss-reactive ketones (excluding diaryl/α,β-unsaturated/α-hetero) is 1. The van der Waals surface area contributed by atoms with Crippen molar-refractivity contribution < 1.29 is 4.79 Å². The Kier molecular flexibility index (Phi) is 3.48. The fraction of sp³-hybridized carbons (Fsp3) is 0.167. The second-order valence-corrected chi connectivity index (χ2v) is 5.40. The van der Waals surface area contributed by atoms with Crippen LogP contribution in [-0.2, 0) is 0 Å². The zero-order valence-electron chi connectivity index (χ0n) is 12.2. The molecule has 0 fully saturated rings. The molecule has 0 radical (unpaired) electrons. The van der Waals surface area contributed by atoms with E-state index >= 15 is 0 Å². The molecule has 21 heavy (non-hydrogen) atoms. The maximum Gasteiger partial charge on any atom is 0.183 e. The molecule has 0 aliphatic heterocycles. The fourth-order valence-electron chi connectivity index (χ4n) is 2.66. The number of benzene rings is 2. The lowest BCUT2D eigenvalue weighted by Crippen LogP contribution is -2.13. The minimum atomic E-state index is 0.0895. The second-order valence-electron chi connectivity index (χ2n) is 5.40. The van der Waals surface area contributed by atoms with E-state index in [1.54, 1.807) is 6.20 Å². The van der Waals surface area contributed by atoms with Crippen molar-refractivity contribution in [3.05, 3.63) is 65.4 Å². The molecule has 3 nitrogen and oxygen atoms in total. The Morgan fingerprint density at radius 3 is 2.57 bits per heavy atom. The fourth-order valence-corrected chi connectivity index (χ4v) is 2.66. The molecule has 0 saturated heterocycles. The summed E-state index contributed by atoms with van der Waals surface area (Å²) in [5.74, 6) is 0.0895. The number of hydrogen-bond acceptors (Lipinski definition) is 2. The van der Waals surface area contributed by atoms with Crippen LogP contribution >= 0.6 is 0 Å². The van der Waals surface area contributed by atoms with Crippen LogP contribution in [0.15, 0.2) is 48.7 Å². The summed E-state index contributed by atoms with van der Waals surface area (Å²) in [5.41, 5.74) is 5.10. The van der Waals surface area contributed by atoms with Crippen molar-refractivity contribution >= 4 is 22.4 Å². The third-order valence-corrected chi connectivity index (χ3v) is 3.56. The SMILES string of the molecule is Cc1cc(C)cc(NCC(=O)c2c[nH]c3ccccc23)c1. The van der Waals surface area contributed by atoms with E-state index in [4.69, 9.17) is 0 Å². The van der Waals surface area contributed by atoms with Crippen molar-refractivity contribution in [3.63, 3.8) is 0 Å². The summed E-state index contributed by atoms with van der Waals surface area (Å²) in [5, 5.41) is 4.19. The summed E-state index contributed by atoms with van der Waals surface area (Å²) in [7, 11) is 0. The predicted molar refractivity (Wildman–Crippen MR) is 87.0 cm³/mol. The lowest BCUT2D eigenvalue weighted by molar-refractivity contribution is 0.101. The molecule has 0 aliphatic rings. The highest BCUT2D eigenvalue weighted by Crippen LogP contribution is 2.19. The molecular weight excluding hydrogens is 260 g/mol. The van der Waals surface area contributed by atoms with Gasteiger partial charge in [0.2, 0.25) is 0 Å². The van der Waals surface area contributed by atoms with E-state index in [1.165, 1.54) is 11.1 Å². The summed E-state index contributed by atoms with van der Waals surface area (Å²) in [4.78, 5) is 15.5. The highest BCUT2D eigenvalue weighted by atomic mass is 16.1. The van der Waals surface area contributed by atoms with Gasteiger partial charge < -0.3 is 10.3 Å². The zero-order chi connectivity index (χ0) is 14.8. The molecule has 3 heteroatoms. The number of para-hydroxylation sites is 1. The molecule has 1 heterocycles. The summed E-state index contributed by atoms with van der Waals surface area (Å²) >= 11 is 0. The number of carbonyl (C=O) groups excluding carboxylic acids is 1. The smallest absolute Gasteiger partial charge is 0.183 e. The second kappa shape index (κ2) is 5.44. The molecule has 0 amide bonds. The van der Waals surface area contributed by atoms with Crippen LogP contribution in [0.3, 0.4) is 0 Å². The standard InChI is InChI=1S/C18H18N2O/c1-12-7-13(2)9-14(8-12)19-11-18(21)16-10-20-17-6-4-3-5-15(16)17/h3-10,19-20H,11H2,1-2H3. The number of nitrogens with one attached hydrogen (secondary N) is 2. The molecular formula is C18H18N2O. The van der Waals surface area contributed by atoms with Crippen LogP contribution < -0.4 is 5.32 Å². The van der Waals surface area contributed by atoms with Crippen molar-refractivity contribution in [3.8, 4) is 0 Å². The normalized spacial score (nSPS) is 10.8. The number of carbonyl (C=O) groups is 1. The third kappa shape index (κ3) is 2.82. The van der Waals surface area contributed by atoms with Crippen LogP contribution in [0.5, 0.6) is 0 Å². The Labute approximate surface area is 124 Å². The van der Waals surface area contributed by atoms with E-state index < -0.39 is 0 Å². The van der Waals surface area contributed by atoms with Gasteiger partial charge in [-0.05, 0) is 43.2 Å². The molecule has 0 saturated carbocycles. The van der Waals surface area contributed by atoms with Crippen LogP contribution in [0.2, 0.25) is 0 Å². The van der Waals surface area contributed by atoms with E-state index in [-0.39, 0.29) is 5.78 Å². The summed E-state index contributed by atoms with van der Waals surface area (Å²) < 4.78 is 0. The van der Waals surface area contributed by atoms with Crippen molar-refractivity contribution in [2.24, 2.45) is 0 Å². The first-order valence-electron chi connectivity index (χ1n) is 7.05. The summed E-state index contributed by atoms with van der Waals surface area (Å²) in [6.45, 7) is 4.41.